The smallest absolute Gasteiger partial charge is 0.242 e. The van der Waals surface area contributed by atoms with Gasteiger partial charge in [-0.2, -0.15) is 0 Å². The molecule has 2 aromatic rings. The predicted molar refractivity (Wildman–Crippen MR) is 114 cm³/mol. The van der Waals surface area contributed by atoms with E-state index in [2.05, 4.69) is 5.32 Å². The Bertz CT molecular complexity index is 879. The molecule has 1 atom stereocenters. The average Bonchev–Trinajstić information content (AvgIpc) is 2.62. The fourth-order valence-electron chi connectivity index (χ4n) is 2.77. The van der Waals surface area contributed by atoms with E-state index in [4.69, 9.17) is 23.2 Å². The van der Waals surface area contributed by atoms with Gasteiger partial charge < -0.3 is 10.2 Å². The van der Waals surface area contributed by atoms with Crippen LogP contribution in [0.3, 0.4) is 0 Å². The van der Waals surface area contributed by atoms with E-state index in [0.717, 1.165) is 5.56 Å². The van der Waals surface area contributed by atoms with Crippen LogP contribution >= 0.6 is 23.2 Å². The van der Waals surface area contributed by atoms with E-state index in [9.17, 15) is 14.0 Å². The monoisotopic (exact) mass is 438 g/mol. The Hall–Kier alpha value is -2.11. The van der Waals surface area contributed by atoms with Gasteiger partial charge in [0.05, 0.1) is 16.5 Å². The Morgan fingerprint density at radius 3 is 2.17 bits per heavy atom. The van der Waals surface area contributed by atoms with Gasteiger partial charge in [-0.05, 0) is 63.1 Å². The molecule has 0 bridgehead atoms. The summed E-state index contributed by atoms with van der Waals surface area (Å²) in [4.78, 5) is 27.3. The topological polar surface area (TPSA) is 49.4 Å². The Labute approximate surface area is 181 Å². The van der Waals surface area contributed by atoms with Crippen molar-refractivity contribution in [2.75, 3.05) is 0 Å². The molecule has 1 N–H and O–H groups in total. The third kappa shape index (κ3) is 7.02. The molecular formula is C22H25Cl2FN2O2. The van der Waals surface area contributed by atoms with Gasteiger partial charge in [-0.3, -0.25) is 9.59 Å². The summed E-state index contributed by atoms with van der Waals surface area (Å²) in [5.41, 5.74) is 0.987. The minimum Gasteiger partial charge on any atom is -0.350 e. The summed E-state index contributed by atoms with van der Waals surface area (Å²) in [6.45, 7) is 7.48. The molecule has 0 fully saturated rings. The summed E-state index contributed by atoms with van der Waals surface area (Å²) in [6.07, 6.45) is 0.0607. The molecule has 0 aromatic heterocycles. The lowest BCUT2D eigenvalue weighted by Crippen LogP contribution is -2.52. The fraction of sp³-hybridized carbons (Fsp3) is 0.364. The van der Waals surface area contributed by atoms with Gasteiger partial charge in [-0.15, -0.1) is 0 Å². The van der Waals surface area contributed by atoms with Crippen molar-refractivity contribution in [1.29, 1.82) is 0 Å². The van der Waals surface area contributed by atoms with E-state index in [0.29, 0.717) is 15.6 Å². The Kier molecular flexibility index (Phi) is 7.66. The molecule has 0 saturated heterocycles. The predicted octanol–water partition coefficient (Wildman–Crippen LogP) is 5.01. The number of hydrogen-bond donors (Lipinski definition) is 1. The summed E-state index contributed by atoms with van der Waals surface area (Å²) in [6, 6.07) is 10.1. The van der Waals surface area contributed by atoms with Crippen molar-refractivity contribution in [3.8, 4) is 0 Å². The molecule has 4 nitrogen and oxygen atoms in total. The number of benzene rings is 2. The number of carbonyl (C=O) groups is 2. The average molecular weight is 439 g/mol. The van der Waals surface area contributed by atoms with Crippen LogP contribution in [0, 0.1) is 5.82 Å². The van der Waals surface area contributed by atoms with E-state index < -0.39 is 11.6 Å². The number of rotatable bonds is 6. The molecule has 156 valence electrons. The van der Waals surface area contributed by atoms with Gasteiger partial charge in [-0.25, -0.2) is 4.39 Å². The molecule has 2 aromatic carbocycles. The Morgan fingerprint density at radius 1 is 1.03 bits per heavy atom. The summed E-state index contributed by atoms with van der Waals surface area (Å²) < 4.78 is 13.2. The first-order valence-corrected chi connectivity index (χ1v) is 10.0. The first kappa shape index (κ1) is 23.2. The highest BCUT2D eigenvalue weighted by Crippen LogP contribution is 2.23. The molecule has 7 heteroatoms. The van der Waals surface area contributed by atoms with Crippen LogP contribution in [-0.4, -0.2) is 28.3 Å². The third-order valence-electron chi connectivity index (χ3n) is 4.27. The lowest BCUT2D eigenvalue weighted by Gasteiger charge is -2.31. The minimum absolute atomic E-state index is 0.0607. The highest BCUT2D eigenvalue weighted by Gasteiger charge is 2.28. The van der Waals surface area contributed by atoms with Crippen molar-refractivity contribution in [3.63, 3.8) is 0 Å². The van der Waals surface area contributed by atoms with Gasteiger partial charge in [0.15, 0.2) is 0 Å². The Balaban J connectivity index is 2.26. The molecule has 2 amide bonds. The number of amides is 2. The van der Waals surface area contributed by atoms with Crippen LogP contribution in [0.25, 0.3) is 0 Å². The van der Waals surface area contributed by atoms with Gasteiger partial charge in [0.1, 0.15) is 11.9 Å². The molecular weight excluding hydrogens is 414 g/mol. The van der Waals surface area contributed by atoms with Crippen molar-refractivity contribution >= 4 is 35.0 Å². The molecule has 0 aliphatic heterocycles. The molecule has 0 aliphatic rings. The van der Waals surface area contributed by atoms with E-state index in [1.165, 1.54) is 17.0 Å². The van der Waals surface area contributed by atoms with Crippen LogP contribution in [0.15, 0.2) is 42.5 Å². The highest BCUT2D eigenvalue weighted by atomic mass is 35.5. The molecule has 0 saturated carbocycles. The zero-order valence-electron chi connectivity index (χ0n) is 16.9. The second-order valence-corrected chi connectivity index (χ2v) is 8.80. The third-order valence-corrected chi connectivity index (χ3v) is 5.01. The number of hydrogen-bond acceptors (Lipinski definition) is 2. The van der Waals surface area contributed by atoms with E-state index in [1.54, 1.807) is 37.3 Å². The normalized spacial score (nSPS) is 12.4. The lowest BCUT2D eigenvalue weighted by molar-refractivity contribution is -0.140. The van der Waals surface area contributed by atoms with Crippen LogP contribution in [0.1, 0.15) is 38.8 Å². The summed E-state index contributed by atoms with van der Waals surface area (Å²) in [7, 11) is 0. The van der Waals surface area contributed by atoms with Crippen LogP contribution in [-0.2, 0) is 22.6 Å². The van der Waals surface area contributed by atoms with Crippen molar-refractivity contribution in [3.05, 3.63) is 69.5 Å². The summed E-state index contributed by atoms with van der Waals surface area (Å²) in [5, 5.41) is 3.67. The van der Waals surface area contributed by atoms with E-state index in [1.807, 2.05) is 20.8 Å². The quantitative estimate of drug-likeness (QED) is 0.688. The van der Waals surface area contributed by atoms with Gasteiger partial charge >= 0.3 is 0 Å². The van der Waals surface area contributed by atoms with Gasteiger partial charge in [0, 0.05) is 12.1 Å². The zero-order valence-corrected chi connectivity index (χ0v) is 18.4. The van der Waals surface area contributed by atoms with Gasteiger partial charge in [0.25, 0.3) is 0 Å². The maximum absolute atomic E-state index is 13.2. The number of halogens is 3. The molecule has 29 heavy (non-hydrogen) atoms. The van der Waals surface area contributed by atoms with Gasteiger partial charge in [0.2, 0.25) is 11.8 Å². The fourth-order valence-corrected chi connectivity index (χ4v) is 3.09. The number of nitrogens with one attached hydrogen (secondary N) is 1. The largest absolute Gasteiger partial charge is 0.350 e. The number of carbonyl (C=O) groups excluding carboxylic acids is 2. The van der Waals surface area contributed by atoms with Crippen LogP contribution < -0.4 is 5.32 Å². The van der Waals surface area contributed by atoms with Crippen molar-refractivity contribution in [1.82, 2.24) is 10.2 Å². The molecule has 0 radical (unpaired) electrons. The zero-order chi connectivity index (χ0) is 21.8. The molecule has 0 heterocycles. The lowest BCUT2D eigenvalue weighted by atomic mass is 10.1. The summed E-state index contributed by atoms with van der Waals surface area (Å²) in [5.74, 6) is -0.868. The SMILES string of the molecule is CC(C(=O)NC(C)(C)C)N(Cc1ccc(F)cc1)C(=O)Cc1ccc(Cl)c(Cl)c1. The first-order chi connectivity index (χ1) is 13.5. The minimum atomic E-state index is -0.713. The van der Waals surface area contributed by atoms with Crippen molar-refractivity contribution in [2.45, 2.75) is 52.2 Å². The first-order valence-electron chi connectivity index (χ1n) is 9.26. The summed E-state index contributed by atoms with van der Waals surface area (Å²) >= 11 is 12.0. The second-order valence-electron chi connectivity index (χ2n) is 7.99. The second kappa shape index (κ2) is 9.59. The molecule has 0 aliphatic carbocycles. The van der Waals surface area contributed by atoms with Gasteiger partial charge in [-0.1, -0.05) is 41.4 Å². The molecule has 0 spiro atoms. The number of nitrogens with zero attached hydrogens (tertiary/aromatic N) is 1. The van der Waals surface area contributed by atoms with E-state index >= 15 is 0 Å². The van der Waals surface area contributed by atoms with Crippen molar-refractivity contribution < 1.29 is 14.0 Å². The van der Waals surface area contributed by atoms with Crippen molar-refractivity contribution in [2.24, 2.45) is 0 Å². The standard InChI is InChI=1S/C22H25Cl2FN2O2/c1-14(21(29)26-22(2,3)4)27(13-15-5-8-17(25)9-6-15)20(28)12-16-7-10-18(23)19(24)11-16/h5-11,14H,12-13H2,1-4H3,(H,26,29). The Morgan fingerprint density at radius 2 is 1.62 bits per heavy atom. The molecule has 1 unspecified atom stereocenters. The van der Waals surface area contributed by atoms with Crippen LogP contribution in [0.5, 0.6) is 0 Å². The maximum atomic E-state index is 13.2. The van der Waals surface area contributed by atoms with Crippen LogP contribution in [0.2, 0.25) is 10.0 Å². The molecule has 2 rings (SSSR count). The maximum Gasteiger partial charge on any atom is 0.242 e. The van der Waals surface area contributed by atoms with E-state index in [-0.39, 0.29) is 30.6 Å². The van der Waals surface area contributed by atoms with Crippen LogP contribution in [0.4, 0.5) is 4.39 Å². The highest BCUT2D eigenvalue weighted by molar-refractivity contribution is 6.42.